The van der Waals surface area contributed by atoms with Gasteiger partial charge >= 0.3 is 17.9 Å². The molecular formula is C33H33F3N9O3+. The van der Waals surface area contributed by atoms with Gasteiger partial charge in [-0.25, -0.2) is 18.8 Å². The standard InChI is InChI=1S/C33H32F3N9O3/c1-21-30(28-15-16-39-44(28)25-11-7-22(18-37)8-12-25)43(32(47)42(21)26-6-4-5-23(17-26)33(34,35)36)31(46)40-24-9-13-27(14-10-24)45(2,3)19-29-38-20-48-41-29/h4-8,11-12,15-17,20,24,27H,9-10,13-14,19H2,1-3H3/p+1/t24-,27-. The first kappa shape index (κ1) is 32.5. The lowest BCUT2D eigenvalue weighted by molar-refractivity contribution is -0.929. The topological polar surface area (TPSA) is 137 Å². The molecule has 1 aliphatic rings. The van der Waals surface area contributed by atoms with Crippen molar-refractivity contribution in [3.63, 3.8) is 0 Å². The fourth-order valence-electron chi connectivity index (χ4n) is 6.50. The molecule has 1 amide bonds. The smallest absolute Gasteiger partial charge is 0.343 e. The van der Waals surface area contributed by atoms with Crippen molar-refractivity contribution in [2.75, 3.05) is 14.1 Å². The molecule has 1 fully saturated rings. The van der Waals surface area contributed by atoms with Crippen molar-refractivity contribution >= 4 is 6.03 Å². The number of imidazole rings is 1. The predicted octanol–water partition coefficient (Wildman–Crippen LogP) is 5.22. The lowest BCUT2D eigenvalue weighted by atomic mass is 9.89. The minimum Gasteiger partial charge on any atom is -0.343 e. The molecule has 6 rings (SSSR count). The third kappa shape index (κ3) is 6.26. The molecule has 0 spiro atoms. The van der Waals surface area contributed by atoms with E-state index < -0.39 is 23.5 Å². The molecule has 1 N–H and O–H groups in total. The number of quaternary nitrogens is 1. The SMILES string of the molecule is Cc1c(-c2ccnn2-c2ccc(C#N)cc2)n(C(=O)N[C@H]2CC[C@H]([N+](C)(C)Cc3ncon3)CC2)c(=O)n1-c1cccc(C(F)(F)F)c1. The number of hydrogen-bond acceptors (Lipinski definition) is 7. The van der Waals surface area contributed by atoms with Crippen LogP contribution in [0.4, 0.5) is 18.0 Å². The zero-order valence-corrected chi connectivity index (χ0v) is 26.5. The average Bonchev–Trinajstić information content (AvgIpc) is 3.80. The molecule has 15 heteroatoms. The molecular weight excluding hydrogens is 627 g/mol. The van der Waals surface area contributed by atoms with Gasteiger partial charge in [0.25, 0.3) is 0 Å². The summed E-state index contributed by atoms with van der Waals surface area (Å²) < 4.78 is 50.1. The monoisotopic (exact) mass is 660 g/mol. The minimum absolute atomic E-state index is 0.0355. The molecule has 0 atom stereocenters. The Kier molecular flexibility index (Phi) is 8.52. The van der Waals surface area contributed by atoms with E-state index in [1.54, 1.807) is 37.3 Å². The Balaban J connectivity index is 1.35. The molecule has 0 aliphatic heterocycles. The van der Waals surface area contributed by atoms with Crippen molar-refractivity contribution in [1.29, 1.82) is 5.26 Å². The summed E-state index contributed by atoms with van der Waals surface area (Å²) in [5, 5.41) is 20.6. The van der Waals surface area contributed by atoms with Crippen molar-refractivity contribution in [1.82, 2.24) is 34.4 Å². The largest absolute Gasteiger partial charge is 0.416 e. The van der Waals surface area contributed by atoms with Crippen LogP contribution in [-0.2, 0) is 12.7 Å². The molecule has 3 aromatic heterocycles. The van der Waals surface area contributed by atoms with Crippen LogP contribution in [0, 0.1) is 18.3 Å². The Morgan fingerprint density at radius 1 is 1.08 bits per heavy atom. The van der Waals surface area contributed by atoms with Crippen LogP contribution in [0.2, 0.25) is 0 Å². The number of alkyl halides is 3. The van der Waals surface area contributed by atoms with E-state index in [0.717, 1.165) is 34.1 Å². The molecule has 3 heterocycles. The molecule has 12 nitrogen and oxygen atoms in total. The highest BCUT2D eigenvalue weighted by Crippen LogP contribution is 2.33. The van der Waals surface area contributed by atoms with Crippen LogP contribution in [0.25, 0.3) is 22.8 Å². The van der Waals surface area contributed by atoms with Crippen molar-refractivity contribution < 1.29 is 27.0 Å². The van der Waals surface area contributed by atoms with E-state index in [1.165, 1.54) is 29.4 Å². The maximum atomic E-state index is 14.1. The van der Waals surface area contributed by atoms with Crippen LogP contribution >= 0.6 is 0 Å². The van der Waals surface area contributed by atoms with E-state index in [-0.39, 0.29) is 29.2 Å². The highest BCUT2D eigenvalue weighted by molar-refractivity contribution is 5.83. The Morgan fingerprint density at radius 2 is 1.81 bits per heavy atom. The fourth-order valence-corrected chi connectivity index (χ4v) is 6.50. The number of carbonyl (C=O) groups excluding carboxylic acids is 1. The second-order valence-electron chi connectivity index (χ2n) is 12.5. The maximum absolute atomic E-state index is 14.1. The van der Waals surface area contributed by atoms with Gasteiger partial charge in [0, 0.05) is 18.9 Å². The van der Waals surface area contributed by atoms with Gasteiger partial charge in [0.15, 0.2) is 0 Å². The summed E-state index contributed by atoms with van der Waals surface area (Å²) in [6.07, 6.45) is 1.08. The number of benzene rings is 2. The van der Waals surface area contributed by atoms with Gasteiger partial charge < -0.3 is 14.3 Å². The van der Waals surface area contributed by atoms with Crippen LogP contribution < -0.4 is 11.0 Å². The maximum Gasteiger partial charge on any atom is 0.416 e. The Bertz CT molecular complexity index is 2030. The van der Waals surface area contributed by atoms with Gasteiger partial charge in [-0.3, -0.25) is 4.57 Å². The molecule has 2 aromatic carbocycles. The second-order valence-corrected chi connectivity index (χ2v) is 12.5. The number of carbonyl (C=O) groups is 1. The number of nitriles is 1. The van der Waals surface area contributed by atoms with Crippen LogP contribution in [0.15, 0.2) is 76.5 Å². The van der Waals surface area contributed by atoms with Crippen molar-refractivity contribution in [3.05, 3.63) is 100 Å². The number of amides is 1. The summed E-state index contributed by atoms with van der Waals surface area (Å²) in [6.45, 7) is 2.16. The first-order valence-corrected chi connectivity index (χ1v) is 15.3. The first-order valence-electron chi connectivity index (χ1n) is 15.3. The molecule has 5 aromatic rings. The Morgan fingerprint density at radius 3 is 2.46 bits per heavy atom. The molecule has 1 aliphatic carbocycles. The Hall–Kier alpha value is -5.49. The molecule has 0 saturated heterocycles. The lowest BCUT2D eigenvalue weighted by Crippen LogP contribution is -2.52. The van der Waals surface area contributed by atoms with Crippen molar-refractivity contribution in [3.8, 4) is 28.8 Å². The number of nitrogens with zero attached hydrogens (tertiary/aromatic N) is 8. The molecule has 0 unspecified atom stereocenters. The molecule has 0 bridgehead atoms. The van der Waals surface area contributed by atoms with Crippen molar-refractivity contribution in [2.45, 2.75) is 57.4 Å². The summed E-state index contributed by atoms with van der Waals surface area (Å²) in [6, 6.07) is 14.0. The Labute approximate surface area is 273 Å². The van der Waals surface area contributed by atoms with Gasteiger partial charge in [-0.15, -0.1) is 0 Å². The number of nitrogens with one attached hydrogen (secondary N) is 1. The minimum atomic E-state index is -4.64. The third-order valence-electron chi connectivity index (χ3n) is 9.01. The third-order valence-corrected chi connectivity index (χ3v) is 9.01. The summed E-state index contributed by atoms with van der Waals surface area (Å²) in [5.74, 6) is 0.614. The van der Waals surface area contributed by atoms with Crippen LogP contribution in [0.3, 0.4) is 0 Å². The predicted molar refractivity (Wildman–Crippen MR) is 167 cm³/mol. The number of hydrogen-bond donors (Lipinski definition) is 1. The van der Waals surface area contributed by atoms with E-state index in [9.17, 15) is 28.0 Å². The van der Waals surface area contributed by atoms with Crippen LogP contribution in [-0.4, -0.2) is 65.7 Å². The van der Waals surface area contributed by atoms with E-state index in [2.05, 4.69) is 40.7 Å². The second kappa shape index (κ2) is 12.6. The van der Waals surface area contributed by atoms with E-state index in [4.69, 9.17) is 4.52 Å². The van der Waals surface area contributed by atoms with Gasteiger partial charge in [0.2, 0.25) is 12.2 Å². The number of rotatable bonds is 7. The van der Waals surface area contributed by atoms with Gasteiger partial charge in [-0.05, 0) is 68.3 Å². The van der Waals surface area contributed by atoms with Crippen molar-refractivity contribution in [2.24, 2.45) is 0 Å². The van der Waals surface area contributed by atoms with Gasteiger partial charge in [0.05, 0.1) is 66.3 Å². The number of aromatic nitrogens is 6. The molecule has 48 heavy (non-hydrogen) atoms. The molecule has 0 radical (unpaired) electrons. The lowest BCUT2D eigenvalue weighted by Gasteiger charge is -2.41. The quantitative estimate of drug-likeness (QED) is 0.237. The van der Waals surface area contributed by atoms with Gasteiger partial charge in [0.1, 0.15) is 12.2 Å². The van der Waals surface area contributed by atoms with Crippen LogP contribution in [0.5, 0.6) is 0 Å². The summed E-state index contributed by atoms with van der Waals surface area (Å²) in [5.41, 5.74) is -0.0195. The summed E-state index contributed by atoms with van der Waals surface area (Å²) in [4.78, 5) is 32.3. The van der Waals surface area contributed by atoms with Crippen LogP contribution in [0.1, 0.15) is 48.3 Å². The van der Waals surface area contributed by atoms with E-state index in [0.29, 0.717) is 46.6 Å². The highest BCUT2D eigenvalue weighted by atomic mass is 19.4. The fraction of sp³-hybridized carbons (Fsp3) is 0.333. The van der Waals surface area contributed by atoms with E-state index >= 15 is 0 Å². The zero-order chi connectivity index (χ0) is 34.2. The normalized spacial score (nSPS) is 16.9. The molecule has 1 saturated carbocycles. The molecule has 248 valence electrons. The highest BCUT2D eigenvalue weighted by Gasteiger charge is 2.36. The van der Waals surface area contributed by atoms with Gasteiger partial charge in [-0.2, -0.15) is 28.5 Å². The summed E-state index contributed by atoms with van der Waals surface area (Å²) in [7, 11) is 4.20. The van der Waals surface area contributed by atoms with Gasteiger partial charge in [-0.1, -0.05) is 11.2 Å². The zero-order valence-electron chi connectivity index (χ0n) is 26.5. The van der Waals surface area contributed by atoms with E-state index in [1.807, 2.05) is 0 Å². The number of halogens is 3. The average molecular weight is 661 g/mol. The summed E-state index contributed by atoms with van der Waals surface area (Å²) >= 11 is 0. The first-order chi connectivity index (χ1) is 22.9.